The first-order chi connectivity index (χ1) is 11.2. The van der Waals surface area contributed by atoms with Crippen molar-refractivity contribution in [2.75, 3.05) is 6.54 Å². The van der Waals surface area contributed by atoms with E-state index >= 15 is 0 Å². The normalized spacial score (nSPS) is 11.0. The van der Waals surface area contributed by atoms with Crippen LogP contribution in [-0.2, 0) is 0 Å². The molecule has 1 N–H and O–H groups in total. The Bertz CT molecular complexity index is 804. The minimum atomic E-state index is 0.00960. The Kier molecular flexibility index (Phi) is 4.76. The molecule has 0 unspecified atom stereocenters. The van der Waals surface area contributed by atoms with Gasteiger partial charge in [0.25, 0.3) is 5.91 Å². The summed E-state index contributed by atoms with van der Waals surface area (Å²) in [5.74, 6) is 0.00960. The number of nitrogens with zero attached hydrogens (tertiary/aromatic N) is 2. The quantitative estimate of drug-likeness (QED) is 0.686. The van der Waals surface area contributed by atoms with Gasteiger partial charge in [-0.05, 0) is 13.3 Å². The van der Waals surface area contributed by atoms with Gasteiger partial charge in [0, 0.05) is 24.0 Å². The van der Waals surface area contributed by atoms with Gasteiger partial charge in [-0.15, -0.1) is 0 Å². The lowest BCUT2D eigenvalue weighted by Gasteiger charge is -2.03. The third-order valence-corrected chi connectivity index (χ3v) is 5.05. The molecule has 4 nitrogen and oxygen atoms in total. The topological polar surface area (TPSA) is 46.4 Å². The van der Waals surface area contributed by atoms with Gasteiger partial charge in [0.05, 0.1) is 5.69 Å². The summed E-state index contributed by atoms with van der Waals surface area (Å²) in [6.45, 7) is 4.87. The van der Waals surface area contributed by atoms with Gasteiger partial charge in [-0.1, -0.05) is 61.4 Å². The van der Waals surface area contributed by atoms with Gasteiger partial charge in [0.15, 0.2) is 4.96 Å². The number of aromatic nitrogens is 2. The van der Waals surface area contributed by atoms with Gasteiger partial charge in [-0.2, -0.15) is 0 Å². The van der Waals surface area contributed by atoms with Gasteiger partial charge in [0.1, 0.15) is 4.88 Å². The second-order valence-corrected chi connectivity index (χ2v) is 6.60. The van der Waals surface area contributed by atoms with Crippen molar-refractivity contribution in [1.29, 1.82) is 0 Å². The molecule has 2 aromatic heterocycles. The molecule has 0 fully saturated rings. The van der Waals surface area contributed by atoms with Crippen molar-refractivity contribution in [2.45, 2.75) is 33.1 Å². The zero-order valence-electron chi connectivity index (χ0n) is 13.5. The van der Waals surface area contributed by atoms with E-state index in [-0.39, 0.29) is 5.91 Å². The van der Waals surface area contributed by atoms with E-state index in [1.165, 1.54) is 11.3 Å². The summed E-state index contributed by atoms with van der Waals surface area (Å²) in [7, 11) is 0. The number of imidazole rings is 1. The zero-order valence-corrected chi connectivity index (χ0v) is 14.3. The van der Waals surface area contributed by atoms with Crippen molar-refractivity contribution in [3.63, 3.8) is 0 Å². The van der Waals surface area contributed by atoms with Crippen molar-refractivity contribution < 1.29 is 4.79 Å². The van der Waals surface area contributed by atoms with Crippen molar-refractivity contribution in [3.8, 4) is 11.3 Å². The first kappa shape index (κ1) is 15.7. The molecular weight excluding hydrogens is 306 g/mol. The highest BCUT2D eigenvalue weighted by molar-refractivity contribution is 7.19. The fourth-order valence-corrected chi connectivity index (χ4v) is 3.59. The van der Waals surface area contributed by atoms with Crippen LogP contribution in [-0.4, -0.2) is 21.8 Å². The Labute approximate surface area is 140 Å². The SMILES string of the molecule is CCCCCNC(=O)c1sc2nc(-c3ccccc3)cn2c1C. The Morgan fingerprint density at radius 2 is 2.04 bits per heavy atom. The van der Waals surface area contributed by atoms with Gasteiger partial charge in [-0.3, -0.25) is 9.20 Å². The summed E-state index contributed by atoms with van der Waals surface area (Å²) >= 11 is 1.45. The average molecular weight is 327 g/mol. The standard InChI is InChI=1S/C18H21N3OS/c1-3-4-8-11-19-17(22)16-13(2)21-12-15(20-18(21)23-16)14-9-6-5-7-10-14/h5-7,9-10,12H,3-4,8,11H2,1-2H3,(H,19,22). The monoisotopic (exact) mass is 327 g/mol. The maximum absolute atomic E-state index is 12.3. The number of unbranched alkanes of at least 4 members (excludes halogenated alkanes) is 2. The third-order valence-electron chi connectivity index (χ3n) is 3.90. The second-order valence-electron chi connectivity index (χ2n) is 5.62. The van der Waals surface area contributed by atoms with Crippen molar-refractivity contribution in [2.24, 2.45) is 0 Å². The Morgan fingerprint density at radius 3 is 2.74 bits per heavy atom. The maximum Gasteiger partial charge on any atom is 0.263 e. The largest absolute Gasteiger partial charge is 0.351 e. The highest BCUT2D eigenvalue weighted by atomic mass is 32.1. The molecule has 0 spiro atoms. The van der Waals surface area contributed by atoms with Gasteiger partial charge in [0.2, 0.25) is 0 Å². The molecule has 3 rings (SSSR count). The van der Waals surface area contributed by atoms with Gasteiger partial charge in [-0.25, -0.2) is 4.98 Å². The fourth-order valence-electron chi connectivity index (χ4n) is 2.57. The van der Waals surface area contributed by atoms with E-state index in [2.05, 4.69) is 17.2 Å². The van der Waals surface area contributed by atoms with Crippen molar-refractivity contribution >= 4 is 22.2 Å². The van der Waals surface area contributed by atoms with E-state index in [1.54, 1.807) is 0 Å². The summed E-state index contributed by atoms with van der Waals surface area (Å²) in [5, 5.41) is 3.00. The lowest BCUT2D eigenvalue weighted by atomic mass is 10.2. The minimum Gasteiger partial charge on any atom is -0.351 e. The molecule has 5 heteroatoms. The number of amides is 1. The van der Waals surface area contributed by atoms with E-state index in [9.17, 15) is 4.79 Å². The number of carbonyl (C=O) groups excluding carboxylic acids is 1. The molecule has 0 bridgehead atoms. The lowest BCUT2D eigenvalue weighted by Crippen LogP contribution is -2.24. The zero-order chi connectivity index (χ0) is 16.2. The smallest absolute Gasteiger partial charge is 0.263 e. The first-order valence-corrected chi connectivity index (χ1v) is 8.84. The summed E-state index contributed by atoms with van der Waals surface area (Å²) in [4.78, 5) is 18.6. The highest BCUT2D eigenvalue weighted by Crippen LogP contribution is 2.26. The molecule has 0 radical (unpaired) electrons. The van der Waals surface area contributed by atoms with Crippen LogP contribution in [0.15, 0.2) is 36.5 Å². The Balaban J connectivity index is 1.80. The predicted molar refractivity (Wildman–Crippen MR) is 95.1 cm³/mol. The molecule has 3 aromatic rings. The van der Waals surface area contributed by atoms with Crippen LogP contribution in [0.4, 0.5) is 0 Å². The molecule has 2 heterocycles. The molecule has 0 aliphatic heterocycles. The Morgan fingerprint density at radius 1 is 1.26 bits per heavy atom. The van der Waals surface area contributed by atoms with Crippen LogP contribution in [0.25, 0.3) is 16.2 Å². The van der Waals surface area contributed by atoms with Crippen LogP contribution in [0, 0.1) is 6.92 Å². The second kappa shape index (κ2) is 6.96. The highest BCUT2D eigenvalue weighted by Gasteiger charge is 2.17. The van der Waals surface area contributed by atoms with Crippen molar-refractivity contribution in [1.82, 2.24) is 14.7 Å². The number of rotatable bonds is 6. The molecule has 0 aliphatic carbocycles. The van der Waals surface area contributed by atoms with Crippen molar-refractivity contribution in [3.05, 3.63) is 47.1 Å². The minimum absolute atomic E-state index is 0.00960. The number of aryl methyl sites for hydroxylation is 1. The maximum atomic E-state index is 12.3. The molecule has 1 amide bonds. The van der Waals surface area contributed by atoms with Gasteiger partial charge < -0.3 is 5.32 Å². The number of thiazole rings is 1. The molecule has 120 valence electrons. The van der Waals surface area contributed by atoms with E-state index < -0.39 is 0 Å². The first-order valence-electron chi connectivity index (χ1n) is 8.03. The van der Waals surface area contributed by atoms with E-state index in [0.29, 0.717) is 0 Å². The number of nitrogens with one attached hydrogen (secondary N) is 1. The molecule has 23 heavy (non-hydrogen) atoms. The predicted octanol–water partition coefficient (Wildman–Crippen LogP) is 4.29. The molecule has 0 saturated carbocycles. The van der Waals surface area contributed by atoms with Crippen LogP contribution in [0.5, 0.6) is 0 Å². The number of hydrogen-bond acceptors (Lipinski definition) is 3. The van der Waals surface area contributed by atoms with E-state index in [1.807, 2.05) is 47.9 Å². The molecule has 0 atom stereocenters. The van der Waals surface area contributed by atoms with E-state index in [0.717, 1.165) is 52.6 Å². The van der Waals surface area contributed by atoms with Crippen LogP contribution in [0.1, 0.15) is 41.6 Å². The molecular formula is C18H21N3OS. The van der Waals surface area contributed by atoms with Crippen LogP contribution in [0.3, 0.4) is 0 Å². The summed E-state index contributed by atoms with van der Waals surface area (Å²) in [6, 6.07) is 10.1. The summed E-state index contributed by atoms with van der Waals surface area (Å²) in [6.07, 6.45) is 5.34. The summed E-state index contributed by atoms with van der Waals surface area (Å²) < 4.78 is 2.01. The third kappa shape index (κ3) is 3.29. The van der Waals surface area contributed by atoms with E-state index in [4.69, 9.17) is 0 Å². The Hall–Kier alpha value is -2.14. The molecule has 0 saturated heterocycles. The number of fused-ring (bicyclic) bond motifs is 1. The average Bonchev–Trinajstić information content (AvgIpc) is 3.12. The molecule has 1 aromatic carbocycles. The number of benzene rings is 1. The number of carbonyl (C=O) groups is 1. The van der Waals surface area contributed by atoms with Crippen LogP contribution < -0.4 is 5.32 Å². The van der Waals surface area contributed by atoms with Gasteiger partial charge >= 0.3 is 0 Å². The van der Waals surface area contributed by atoms with Crippen LogP contribution >= 0.6 is 11.3 Å². The van der Waals surface area contributed by atoms with Crippen LogP contribution in [0.2, 0.25) is 0 Å². The number of hydrogen-bond donors (Lipinski definition) is 1. The fraction of sp³-hybridized carbons (Fsp3) is 0.333. The molecule has 0 aliphatic rings. The summed E-state index contributed by atoms with van der Waals surface area (Å²) in [5.41, 5.74) is 2.98. The lowest BCUT2D eigenvalue weighted by molar-refractivity contribution is 0.0956.